The van der Waals surface area contributed by atoms with E-state index in [2.05, 4.69) is 81.5 Å². The summed E-state index contributed by atoms with van der Waals surface area (Å²) < 4.78 is 16.7. The predicted octanol–water partition coefficient (Wildman–Crippen LogP) is 16.5. The topological polar surface area (TPSA) is 78.9 Å². The second-order valence-corrected chi connectivity index (χ2v) is 16.8. The van der Waals surface area contributed by atoms with Crippen molar-refractivity contribution in [3.05, 3.63) is 60.8 Å². The van der Waals surface area contributed by atoms with Crippen LogP contribution in [0.5, 0.6) is 0 Å². The van der Waals surface area contributed by atoms with Crippen LogP contribution in [0.15, 0.2) is 60.8 Å². The van der Waals surface area contributed by atoms with Gasteiger partial charge in [-0.2, -0.15) is 0 Å². The second kappa shape index (κ2) is 48.8. The van der Waals surface area contributed by atoms with Crippen LogP contribution in [-0.2, 0) is 28.6 Å². The van der Waals surface area contributed by atoms with Crippen LogP contribution in [0.2, 0.25) is 0 Å². The molecule has 1 unspecified atom stereocenters. The molecule has 0 bridgehead atoms. The number of hydrogen-bond acceptors (Lipinski definition) is 6. The van der Waals surface area contributed by atoms with Gasteiger partial charge in [0.2, 0.25) is 0 Å². The Morgan fingerprint density at radius 3 is 1.13 bits per heavy atom. The Morgan fingerprint density at radius 2 is 0.667 bits per heavy atom. The average molecular weight is 839 g/mol. The van der Waals surface area contributed by atoms with Crippen molar-refractivity contribution in [2.45, 2.75) is 252 Å². The van der Waals surface area contributed by atoms with Gasteiger partial charge < -0.3 is 14.2 Å². The molecule has 60 heavy (non-hydrogen) atoms. The molecule has 0 aromatic rings. The largest absolute Gasteiger partial charge is 0.462 e. The van der Waals surface area contributed by atoms with Crippen molar-refractivity contribution in [2.75, 3.05) is 13.2 Å². The number of allylic oxidation sites excluding steroid dienone is 10. The van der Waals surface area contributed by atoms with E-state index in [1.165, 1.54) is 128 Å². The fourth-order valence-corrected chi connectivity index (χ4v) is 6.92. The molecule has 1 atom stereocenters. The SMILES string of the molecule is CCCCC/C=C\C=C/CCCCCCCCC(=O)OC(COC(=O)CCC/C=C\C/C=C\C/C=C\CCCCCCCC)COC(=O)CCCCCCCCCCCC. The van der Waals surface area contributed by atoms with Crippen LogP contribution in [0.4, 0.5) is 0 Å². The second-order valence-electron chi connectivity index (χ2n) is 16.8. The normalized spacial score (nSPS) is 12.5. The van der Waals surface area contributed by atoms with Gasteiger partial charge in [0.15, 0.2) is 6.10 Å². The van der Waals surface area contributed by atoms with Gasteiger partial charge in [-0.15, -0.1) is 0 Å². The fraction of sp³-hybridized carbons (Fsp3) is 0.759. The van der Waals surface area contributed by atoms with E-state index in [0.29, 0.717) is 19.3 Å². The molecule has 0 heterocycles. The highest BCUT2D eigenvalue weighted by atomic mass is 16.6. The van der Waals surface area contributed by atoms with Gasteiger partial charge in [-0.1, -0.05) is 210 Å². The molecule has 6 heteroatoms. The van der Waals surface area contributed by atoms with Gasteiger partial charge in [-0.25, -0.2) is 0 Å². The Balaban J connectivity index is 4.45. The Bertz CT molecular complexity index is 1100. The highest BCUT2D eigenvalue weighted by Gasteiger charge is 2.19. The third-order valence-corrected chi connectivity index (χ3v) is 10.8. The molecule has 0 spiro atoms. The van der Waals surface area contributed by atoms with Crippen LogP contribution < -0.4 is 0 Å². The lowest BCUT2D eigenvalue weighted by Gasteiger charge is -2.18. The first-order valence-electron chi connectivity index (χ1n) is 25.3. The van der Waals surface area contributed by atoms with E-state index >= 15 is 0 Å². The average Bonchev–Trinajstić information content (AvgIpc) is 3.24. The summed E-state index contributed by atoms with van der Waals surface area (Å²) in [5.41, 5.74) is 0. The van der Waals surface area contributed by atoms with Gasteiger partial charge in [0.25, 0.3) is 0 Å². The molecule has 0 aliphatic carbocycles. The molecule has 0 aliphatic rings. The molecule has 0 rings (SSSR count). The highest BCUT2D eigenvalue weighted by molar-refractivity contribution is 5.71. The van der Waals surface area contributed by atoms with Crippen LogP contribution in [0.3, 0.4) is 0 Å². The maximum Gasteiger partial charge on any atom is 0.306 e. The number of carbonyl (C=O) groups is 3. The van der Waals surface area contributed by atoms with E-state index in [-0.39, 0.29) is 37.5 Å². The zero-order valence-corrected chi connectivity index (χ0v) is 39.5. The number of rotatable bonds is 45. The summed E-state index contributed by atoms with van der Waals surface area (Å²) >= 11 is 0. The molecule has 0 aromatic carbocycles. The van der Waals surface area contributed by atoms with Gasteiger partial charge >= 0.3 is 17.9 Å². The molecule has 6 nitrogen and oxygen atoms in total. The van der Waals surface area contributed by atoms with Gasteiger partial charge in [0.1, 0.15) is 13.2 Å². The van der Waals surface area contributed by atoms with Gasteiger partial charge in [-0.3, -0.25) is 14.4 Å². The third-order valence-electron chi connectivity index (χ3n) is 10.8. The number of unbranched alkanes of at least 4 members (excludes halogenated alkanes) is 25. The van der Waals surface area contributed by atoms with Gasteiger partial charge in [0, 0.05) is 19.3 Å². The van der Waals surface area contributed by atoms with Crippen molar-refractivity contribution in [2.24, 2.45) is 0 Å². The lowest BCUT2D eigenvalue weighted by atomic mass is 10.1. The van der Waals surface area contributed by atoms with E-state index in [0.717, 1.165) is 70.6 Å². The number of ether oxygens (including phenoxy) is 3. The van der Waals surface area contributed by atoms with Gasteiger partial charge in [-0.05, 0) is 77.0 Å². The predicted molar refractivity (Wildman–Crippen MR) is 256 cm³/mol. The zero-order valence-electron chi connectivity index (χ0n) is 39.5. The monoisotopic (exact) mass is 839 g/mol. The lowest BCUT2D eigenvalue weighted by molar-refractivity contribution is -0.167. The Hall–Kier alpha value is -2.89. The molecular formula is C54H94O6. The number of hydrogen-bond donors (Lipinski definition) is 0. The van der Waals surface area contributed by atoms with Crippen LogP contribution in [0, 0.1) is 0 Å². The number of esters is 3. The fourth-order valence-electron chi connectivity index (χ4n) is 6.92. The molecule has 0 amide bonds. The molecule has 0 aliphatic heterocycles. The van der Waals surface area contributed by atoms with E-state index in [9.17, 15) is 14.4 Å². The Labute approximate surface area is 370 Å². The zero-order chi connectivity index (χ0) is 43.7. The first-order chi connectivity index (χ1) is 29.5. The van der Waals surface area contributed by atoms with Crippen molar-refractivity contribution in [1.29, 1.82) is 0 Å². The maximum atomic E-state index is 12.8. The van der Waals surface area contributed by atoms with Crippen molar-refractivity contribution < 1.29 is 28.6 Å². The van der Waals surface area contributed by atoms with Crippen molar-refractivity contribution >= 4 is 17.9 Å². The summed E-state index contributed by atoms with van der Waals surface area (Å²) in [6.45, 7) is 6.54. The van der Waals surface area contributed by atoms with Crippen molar-refractivity contribution in [3.8, 4) is 0 Å². The summed E-state index contributed by atoms with van der Waals surface area (Å²) in [6.07, 6.45) is 59.2. The summed E-state index contributed by atoms with van der Waals surface area (Å²) in [4.78, 5) is 37.8. The molecule has 0 saturated carbocycles. The Morgan fingerprint density at radius 1 is 0.350 bits per heavy atom. The molecule has 0 saturated heterocycles. The third kappa shape index (κ3) is 46.2. The van der Waals surface area contributed by atoms with Crippen LogP contribution >= 0.6 is 0 Å². The van der Waals surface area contributed by atoms with E-state index < -0.39 is 6.10 Å². The number of carbonyl (C=O) groups excluding carboxylic acids is 3. The van der Waals surface area contributed by atoms with Crippen LogP contribution in [-0.4, -0.2) is 37.2 Å². The summed E-state index contributed by atoms with van der Waals surface area (Å²) in [7, 11) is 0. The van der Waals surface area contributed by atoms with Gasteiger partial charge in [0.05, 0.1) is 0 Å². The molecule has 0 N–H and O–H groups in total. The summed E-state index contributed by atoms with van der Waals surface area (Å²) in [5.74, 6) is -0.959. The highest BCUT2D eigenvalue weighted by Crippen LogP contribution is 2.14. The maximum absolute atomic E-state index is 12.8. The minimum absolute atomic E-state index is 0.0934. The molecule has 0 radical (unpaired) electrons. The Kier molecular flexibility index (Phi) is 46.4. The first-order valence-corrected chi connectivity index (χ1v) is 25.3. The van der Waals surface area contributed by atoms with Crippen LogP contribution in [0.25, 0.3) is 0 Å². The summed E-state index contributed by atoms with van der Waals surface area (Å²) in [5, 5.41) is 0. The lowest BCUT2D eigenvalue weighted by Crippen LogP contribution is -2.30. The van der Waals surface area contributed by atoms with E-state index in [1.54, 1.807) is 0 Å². The smallest absolute Gasteiger partial charge is 0.306 e. The van der Waals surface area contributed by atoms with Crippen molar-refractivity contribution in [1.82, 2.24) is 0 Å². The standard InChI is InChI=1S/C54H94O6/c1-4-7-10-13-16-19-22-24-26-27-29-30-32-35-38-41-44-47-53(56)59-50-51(49-58-52(55)46-43-40-37-34-21-18-15-12-9-6-3)60-54(57)48-45-42-39-36-33-31-28-25-23-20-17-14-11-8-5-2/h17,20,23-26,29-30,35,38,51H,4-16,18-19,21-22,27-28,31-34,36-37,39-50H2,1-3H3/b20-17-,25-23-,26-24-,30-29-,38-35-. The minimum Gasteiger partial charge on any atom is -0.462 e. The van der Waals surface area contributed by atoms with Crippen molar-refractivity contribution in [3.63, 3.8) is 0 Å². The molecule has 346 valence electrons. The molecular weight excluding hydrogens is 745 g/mol. The quantitative estimate of drug-likeness (QED) is 0.0200. The molecule has 0 aromatic heterocycles. The van der Waals surface area contributed by atoms with E-state index in [4.69, 9.17) is 14.2 Å². The van der Waals surface area contributed by atoms with Crippen LogP contribution in [0.1, 0.15) is 245 Å². The first kappa shape index (κ1) is 57.1. The summed E-state index contributed by atoms with van der Waals surface area (Å²) in [6, 6.07) is 0. The molecule has 0 fully saturated rings. The minimum atomic E-state index is -0.797. The van der Waals surface area contributed by atoms with E-state index in [1.807, 2.05) is 0 Å².